The number of halogens is 2. The molecule has 40 heavy (non-hydrogen) atoms. The van der Waals surface area contributed by atoms with Crippen molar-refractivity contribution in [3.05, 3.63) is 68.9 Å². The number of fused-ring (bicyclic) bond motifs is 2. The number of ketones is 1. The number of aromatic amines is 2. The van der Waals surface area contributed by atoms with Gasteiger partial charge in [-0.15, -0.1) is 0 Å². The molecule has 4 aromatic rings. The first-order valence-electron chi connectivity index (χ1n) is 12.8. The Bertz CT molecular complexity index is 1440. The second kappa shape index (κ2) is 15.6. The lowest BCUT2D eigenvalue weighted by Crippen LogP contribution is -2.35. The highest BCUT2D eigenvalue weighted by atomic mass is 79.9. The summed E-state index contributed by atoms with van der Waals surface area (Å²) in [5.41, 5.74) is 7.51. The zero-order chi connectivity index (χ0) is 29.9. The summed E-state index contributed by atoms with van der Waals surface area (Å²) >= 11 is 6.73. The molecule has 0 aliphatic heterocycles. The van der Waals surface area contributed by atoms with Crippen LogP contribution >= 0.6 is 31.9 Å². The van der Waals surface area contributed by atoms with Crippen molar-refractivity contribution >= 4 is 71.5 Å². The van der Waals surface area contributed by atoms with Crippen LogP contribution in [0.25, 0.3) is 21.8 Å². The summed E-state index contributed by atoms with van der Waals surface area (Å²) in [6, 6.07) is 15.1. The molecule has 6 N–H and O–H groups in total. The Labute approximate surface area is 250 Å². The van der Waals surface area contributed by atoms with Crippen LogP contribution in [0.5, 0.6) is 0 Å². The number of ether oxygens (including phenoxy) is 1. The summed E-state index contributed by atoms with van der Waals surface area (Å²) in [6.45, 7) is 8.42. The van der Waals surface area contributed by atoms with Crippen LogP contribution in [0.3, 0.4) is 0 Å². The van der Waals surface area contributed by atoms with E-state index in [-0.39, 0.29) is 11.5 Å². The largest absolute Gasteiger partial charge is 0.477 e. The third-order valence-electron chi connectivity index (χ3n) is 5.27. The molecule has 0 saturated heterocycles. The average Bonchev–Trinajstić information content (AvgIpc) is 3.49. The quantitative estimate of drug-likeness (QED) is 0.128. The highest BCUT2D eigenvalue weighted by Gasteiger charge is 2.15. The van der Waals surface area contributed by atoms with Gasteiger partial charge in [-0.3, -0.25) is 4.79 Å². The molecule has 4 rings (SSSR count). The number of unbranched alkanes of at least 4 members (excludes halogenated alkanes) is 1. The van der Waals surface area contributed by atoms with E-state index in [2.05, 4.69) is 54.1 Å². The Hall–Kier alpha value is -3.15. The fourth-order valence-corrected chi connectivity index (χ4v) is 4.15. The molecule has 0 aliphatic carbocycles. The number of carboxylic acids is 1. The third kappa shape index (κ3) is 11.1. The average molecular weight is 680 g/mol. The zero-order valence-corrected chi connectivity index (χ0v) is 26.2. The van der Waals surface area contributed by atoms with Crippen molar-refractivity contribution in [2.24, 2.45) is 5.73 Å². The van der Waals surface area contributed by atoms with Gasteiger partial charge in [-0.05, 0) is 63.6 Å². The lowest BCUT2D eigenvalue weighted by Gasteiger charge is -2.19. The Balaban J connectivity index is 0.000000215. The van der Waals surface area contributed by atoms with E-state index in [4.69, 9.17) is 15.6 Å². The summed E-state index contributed by atoms with van der Waals surface area (Å²) in [4.78, 5) is 39.2. The fourth-order valence-electron chi connectivity index (χ4n) is 3.42. The molecule has 11 heteroatoms. The lowest BCUT2D eigenvalue weighted by molar-refractivity contribution is 0.0528. The second-order valence-electron chi connectivity index (χ2n) is 9.88. The number of aromatic carboxylic acids is 1. The Kier molecular flexibility index (Phi) is 12.9. The van der Waals surface area contributed by atoms with Crippen LogP contribution in [0.2, 0.25) is 0 Å². The van der Waals surface area contributed by atoms with Gasteiger partial charge >= 0.3 is 12.1 Å². The first kappa shape index (κ1) is 33.1. The molecule has 2 aromatic heterocycles. The van der Waals surface area contributed by atoms with E-state index in [1.807, 2.05) is 63.2 Å². The number of H-pyrrole nitrogens is 2. The summed E-state index contributed by atoms with van der Waals surface area (Å²) in [5, 5.41) is 13.2. The van der Waals surface area contributed by atoms with Gasteiger partial charge in [-0.25, -0.2) is 9.59 Å². The van der Waals surface area contributed by atoms with Crippen molar-refractivity contribution in [3.8, 4) is 0 Å². The Morgan fingerprint density at radius 2 is 1.45 bits per heavy atom. The van der Waals surface area contributed by atoms with Crippen LogP contribution in [-0.2, 0) is 4.74 Å². The van der Waals surface area contributed by atoms with Gasteiger partial charge in [-0.2, -0.15) is 0 Å². The summed E-state index contributed by atoms with van der Waals surface area (Å²) < 4.78 is 6.89. The van der Waals surface area contributed by atoms with E-state index in [0.717, 1.165) is 49.3 Å². The van der Waals surface area contributed by atoms with Crippen molar-refractivity contribution in [2.75, 3.05) is 13.1 Å². The maximum Gasteiger partial charge on any atom is 0.407 e. The molecule has 216 valence electrons. The van der Waals surface area contributed by atoms with E-state index in [9.17, 15) is 14.4 Å². The minimum Gasteiger partial charge on any atom is -0.477 e. The molecule has 2 heterocycles. The van der Waals surface area contributed by atoms with Crippen molar-refractivity contribution in [1.82, 2.24) is 15.3 Å². The van der Waals surface area contributed by atoms with E-state index in [1.54, 1.807) is 6.07 Å². The number of rotatable bonds is 7. The summed E-state index contributed by atoms with van der Waals surface area (Å²) in [6.07, 6.45) is 2.22. The Morgan fingerprint density at radius 3 is 1.93 bits per heavy atom. The number of alkyl carbamates (subject to hydrolysis) is 1. The van der Waals surface area contributed by atoms with Crippen LogP contribution in [0, 0.1) is 0 Å². The van der Waals surface area contributed by atoms with E-state index in [1.165, 1.54) is 0 Å². The van der Waals surface area contributed by atoms with Gasteiger partial charge < -0.3 is 30.9 Å². The van der Waals surface area contributed by atoms with Gasteiger partial charge in [0.25, 0.3) is 0 Å². The minimum atomic E-state index is -0.938. The molecule has 0 fully saturated rings. The van der Waals surface area contributed by atoms with Crippen molar-refractivity contribution in [2.45, 2.75) is 52.6 Å². The number of carbonyl (C=O) groups excluding carboxylic acids is 2. The molecule has 0 saturated carbocycles. The number of carbonyl (C=O) groups is 3. The van der Waals surface area contributed by atoms with Crippen molar-refractivity contribution in [1.29, 1.82) is 0 Å². The van der Waals surface area contributed by atoms with Gasteiger partial charge in [0.15, 0.2) is 5.78 Å². The minimum absolute atomic E-state index is 0.203. The molecular weight excluding hydrogens is 644 g/mol. The summed E-state index contributed by atoms with van der Waals surface area (Å²) in [5.74, 6) is -0.735. The first-order chi connectivity index (χ1) is 18.8. The van der Waals surface area contributed by atoms with Gasteiger partial charge in [-0.1, -0.05) is 57.3 Å². The van der Waals surface area contributed by atoms with Gasteiger partial charge in [0.2, 0.25) is 0 Å². The van der Waals surface area contributed by atoms with Gasteiger partial charge in [0, 0.05) is 50.3 Å². The first-order valence-corrected chi connectivity index (χ1v) is 14.4. The smallest absolute Gasteiger partial charge is 0.407 e. The van der Waals surface area contributed by atoms with Crippen LogP contribution in [0.1, 0.15) is 67.9 Å². The van der Waals surface area contributed by atoms with E-state index < -0.39 is 17.7 Å². The topological polar surface area (TPSA) is 150 Å². The second-order valence-corrected chi connectivity index (χ2v) is 11.7. The maximum atomic E-state index is 11.8. The number of hydrogen-bond acceptors (Lipinski definition) is 5. The number of nitrogens with two attached hydrogens (primary N) is 1. The predicted molar refractivity (Wildman–Crippen MR) is 166 cm³/mol. The third-order valence-corrected chi connectivity index (χ3v) is 6.26. The zero-order valence-electron chi connectivity index (χ0n) is 23.1. The monoisotopic (exact) mass is 678 g/mol. The SMILES string of the molecule is CC(C)(C)OC(=O)NCCN.CCCCC(=O)c1cc2ccc(Br)cc2[nH]1.O=C(O)c1cc2ccc(Br)cc2[nH]1. The standard InChI is InChI=1S/C13H14BrNO.C9H6BrNO2.C7H16N2O2/c1-2-3-4-13(16)12-7-9-5-6-10(14)8-11(9)15-12;10-6-2-1-5-3-8(9(12)13)11-7(5)4-6;1-7(2,3)11-6(10)9-5-4-8/h5-8,15H,2-4H2,1H3;1-4,11H,(H,12,13);4-5,8H2,1-3H3,(H,9,10). The number of aromatic nitrogens is 2. The molecule has 9 nitrogen and oxygen atoms in total. The molecule has 0 spiro atoms. The number of benzene rings is 2. The Morgan fingerprint density at radius 1 is 0.925 bits per heavy atom. The molecule has 0 aliphatic rings. The number of hydrogen-bond donors (Lipinski definition) is 5. The molecule has 0 atom stereocenters. The summed E-state index contributed by atoms with van der Waals surface area (Å²) in [7, 11) is 0. The number of amides is 1. The van der Waals surface area contributed by atoms with E-state index >= 15 is 0 Å². The van der Waals surface area contributed by atoms with Crippen LogP contribution in [-0.4, -0.2) is 51.6 Å². The van der Waals surface area contributed by atoms with Crippen molar-refractivity contribution < 1.29 is 24.2 Å². The molecular formula is C29H36Br2N4O5. The van der Waals surface area contributed by atoms with Crippen LogP contribution in [0.4, 0.5) is 4.79 Å². The van der Waals surface area contributed by atoms with Crippen LogP contribution < -0.4 is 11.1 Å². The highest BCUT2D eigenvalue weighted by molar-refractivity contribution is 9.10. The van der Waals surface area contributed by atoms with Gasteiger partial charge in [0.05, 0.1) is 5.69 Å². The molecule has 0 unspecified atom stereocenters. The van der Waals surface area contributed by atoms with Crippen LogP contribution in [0.15, 0.2) is 57.5 Å². The normalized spacial score (nSPS) is 10.8. The number of Topliss-reactive ketones (excluding diaryl/α,β-unsaturated/α-hetero) is 1. The van der Waals surface area contributed by atoms with E-state index in [0.29, 0.717) is 19.5 Å². The predicted octanol–water partition coefficient (Wildman–Crippen LogP) is 7.40. The molecule has 1 amide bonds. The fraction of sp³-hybridized carbons (Fsp3) is 0.345. The maximum absolute atomic E-state index is 11.8. The highest BCUT2D eigenvalue weighted by Crippen LogP contribution is 2.22. The number of nitrogens with one attached hydrogen (secondary N) is 3. The molecule has 0 bridgehead atoms. The van der Waals surface area contributed by atoms with Gasteiger partial charge in [0.1, 0.15) is 11.3 Å². The lowest BCUT2D eigenvalue weighted by atomic mass is 10.1. The van der Waals surface area contributed by atoms with Crippen molar-refractivity contribution in [3.63, 3.8) is 0 Å². The molecule has 2 aromatic carbocycles. The molecule has 0 radical (unpaired) electrons. The number of carboxylic acid groups (broad SMARTS) is 1.